The van der Waals surface area contributed by atoms with Crippen LogP contribution in [0.5, 0.6) is 0 Å². The van der Waals surface area contributed by atoms with E-state index >= 15 is 0 Å². The maximum atomic E-state index is 5.50. The Balaban J connectivity index is 1.80. The number of rotatable bonds is 4. The molecule has 1 fully saturated rings. The van der Waals surface area contributed by atoms with Crippen molar-refractivity contribution in [1.29, 1.82) is 0 Å². The SMILES string of the molecule is CCC1(c2nc(Cc3cccs3)no2)CCNC1. The second-order valence-corrected chi connectivity index (χ2v) is 5.86. The molecule has 1 unspecified atom stereocenters. The monoisotopic (exact) mass is 263 g/mol. The normalized spacial score (nSPS) is 23.6. The maximum absolute atomic E-state index is 5.50. The number of nitrogens with one attached hydrogen (secondary N) is 1. The van der Waals surface area contributed by atoms with Gasteiger partial charge in [0.25, 0.3) is 0 Å². The molecule has 5 heteroatoms. The van der Waals surface area contributed by atoms with Gasteiger partial charge in [-0.1, -0.05) is 18.1 Å². The number of nitrogens with zero attached hydrogens (tertiary/aromatic N) is 2. The molecular formula is C13H17N3OS. The first-order chi connectivity index (χ1) is 8.82. The van der Waals surface area contributed by atoms with Crippen LogP contribution in [0.1, 0.15) is 36.4 Å². The summed E-state index contributed by atoms with van der Waals surface area (Å²) >= 11 is 1.73. The smallest absolute Gasteiger partial charge is 0.234 e. The average Bonchev–Trinajstić information content (AvgIpc) is 3.10. The van der Waals surface area contributed by atoms with E-state index in [2.05, 4.69) is 39.9 Å². The molecule has 1 aliphatic heterocycles. The minimum atomic E-state index is 0.0562. The molecule has 2 aromatic heterocycles. The van der Waals surface area contributed by atoms with Crippen molar-refractivity contribution >= 4 is 11.3 Å². The minimum Gasteiger partial charge on any atom is -0.339 e. The predicted octanol–water partition coefficient (Wildman–Crippen LogP) is 2.36. The molecule has 0 aromatic carbocycles. The topological polar surface area (TPSA) is 51.0 Å². The van der Waals surface area contributed by atoms with Gasteiger partial charge < -0.3 is 9.84 Å². The quantitative estimate of drug-likeness (QED) is 0.920. The van der Waals surface area contributed by atoms with Crippen LogP contribution in [0.3, 0.4) is 0 Å². The summed E-state index contributed by atoms with van der Waals surface area (Å²) in [7, 11) is 0. The zero-order chi connectivity index (χ0) is 12.4. The Morgan fingerprint density at radius 3 is 3.17 bits per heavy atom. The van der Waals surface area contributed by atoms with Crippen molar-refractivity contribution in [2.24, 2.45) is 0 Å². The molecule has 1 saturated heterocycles. The van der Waals surface area contributed by atoms with Crippen LogP contribution < -0.4 is 5.32 Å². The van der Waals surface area contributed by atoms with Gasteiger partial charge in [0, 0.05) is 17.8 Å². The van der Waals surface area contributed by atoms with E-state index in [9.17, 15) is 0 Å². The molecule has 1 aliphatic rings. The van der Waals surface area contributed by atoms with Crippen LogP contribution in [0.4, 0.5) is 0 Å². The third-order valence-corrected chi connectivity index (χ3v) is 4.63. The van der Waals surface area contributed by atoms with Crippen molar-refractivity contribution in [2.75, 3.05) is 13.1 Å². The summed E-state index contributed by atoms with van der Waals surface area (Å²) in [6.45, 7) is 4.18. The van der Waals surface area contributed by atoms with Crippen LogP contribution in [-0.4, -0.2) is 23.2 Å². The van der Waals surface area contributed by atoms with Crippen LogP contribution in [0, 0.1) is 0 Å². The van der Waals surface area contributed by atoms with E-state index in [1.165, 1.54) is 4.88 Å². The fraction of sp³-hybridized carbons (Fsp3) is 0.538. The fourth-order valence-corrected chi connectivity index (χ4v) is 3.19. The molecule has 0 aliphatic carbocycles. The fourth-order valence-electron chi connectivity index (χ4n) is 2.49. The van der Waals surface area contributed by atoms with E-state index in [4.69, 9.17) is 4.52 Å². The third kappa shape index (κ3) is 2.08. The minimum absolute atomic E-state index is 0.0562. The summed E-state index contributed by atoms with van der Waals surface area (Å²) in [6, 6.07) is 4.16. The van der Waals surface area contributed by atoms with Crippen LogP contribution in [-0.2, 0) is 11.8 Å². The number of hydrogen-bond donors (Lipinski definition) is 1. The van der Waals surface area contributed by atoms with Crippen molar-refractivity contribution in [1.82, 2.24) is 15.5 Å². The largest absolute Gasteiger partial charge is 0.339 e. The Kier molecular flexibility index (Phi) is 3.18. The number of hydrogen-bond acceptors (Lipinski definition) is 5. The van der Waals surface area contributed by atoms with Gasteiger partial charge in [0.2, 0.25) is 5.89 Å². The molecule has 0 radical (unpaired) electrons. The standard InChI is InChI=1S/C13H17N3OS/c1-2-13(5-6-14-9-13)12-15-11(16-17-12)8-10-4-3-7-18-10/h3-4,7,14H,2,5-6,8-9H2,1H3. The van der Waals surface area contributed by atoms with Crippen LogP contribution in [0.2, 0.25) is 0 Å². The zero-order valence-electron chi connectivity index (χ0n) is 10.5. The van der Waals surface area contributed by atoms with E-state index in [-0.39, 0.29) is 5.41 Å². The molecule has 2 aromatic rings. The molecule has 18 heavy (non-hydrogen) atoms. The van der Waals surface area contributed by atoms with Gasteiger partial charge >= 0.3 is 0 Å². The molecule has 96 valence electrons. The van der Waals surface area contributed by atoms with Gasteiger partial charge in [-0.3, -0.25) is 0 Å². The molecule has 1 atom stereocenters. The lowest BCUT2D eigenvalue weighted by Gasteiger charge is -2.20. The Labute approximate surface area is 110 Å². The van der Waals surface area contributed by atoms with E-state index in [0.29, 0.717) is 0 Å². The van der Waals surface area contributed by atoms with Crippen molar-refractivity contribution in [3.8, 4) is 0 Å². The Hall–Kier alpha value is -1.20. The summed E-state index contributed by atoms with van der Waals surface area (Å²) in [5, 5.41) is 9.59. The van der Waals surface area contributed by atoms with E-state index < -0.39 is 0 Å². The van der Waals surface area contributed by atoms with Gasteiger partial charge in [-0.15, -0.1) is 11.3 Å². The highest BCUT2D eigenvalue weighted by Crippen LogP contribution is 2.32. The van der Waals surface area contributed by atoms with Gasteiger partial charge in [-0.2, -0.15) is 4.98 Å². The Morgan fingerprint density at radius 2 is 2.50 bits per heavy atom. The van der Waals surface area contributed by atoms with E-state index in [1.807, 2.05) is 0 Å². The molecule has 3 rings (SSSR count). The van der Waals surface area contributed by atoms with Gasteiger partial charge in [0.05, 0.1) is 5.41 Å². The predicted molar refractivity (Wildman–Crippen MR) is 70.9 cm³/mol. The van der Waals surface area contributed by atoms with Gasteiger partial charge in [-0.25, -0.2) is 0 Å². The summed E-state index contributed by atoms with van der Waals surface area (Å²) in [5.41, 5.74) is 0.0562. The van der Waals surface area contributed by atoms with Crippen molar-refractivity contribution in [3.63, 3.8) is 0 Å². The van der Waals surface area contributed by atoms with Crippen molar-refractivity contribution < 1.29 is 4.52 Å². The first-order valence-corrected chi connectivity index (χ1v) is 7.26. The molecule has 1 N–H and O–H groups in total. The lowest BCUT2D eigenvalue weighted by molar-refractivity contribution is 0.283. The molecule has 0 saturated carbocycles. The van der Waals surface area contributed by atoms with Gasteiger partial charge in [-0.05, 0) is 30.8 Å². The van der Waals surface area contributed by atoms with Crippen LogP contribution >= 0.6 is 11.3 Å². The number of aromatic nitrogens is 2. The highest BCUT2D eigenvalue weighted by molar-refractivity contribution is 7.09. The molecule has 4 nitrogen and oxygen atoms in total. The van der Waals surface area contributed by atoms with Gasteiger partial charge in [0.1, 0.15) is 0 Å². The van der Waals surface area contributed by atoms with Crippen LogP contribution in [0.25, 0.3) is 0 Å². The lowest BCUT2D eigenvalue weighted by Crippen LogP contribution is -2.28. The summed E-state index contributed by atoms with van der Waals surface area (Å²) < 4.78 is 5.50. The molecule has 3 heterocycles. The molecule has 0 spiro atoms. The second kappa shape index (κ2) is 4.82. The first-order valence-electron chi connectivity index (χ1n) is 6.38. The van der Waals surface area contributed by atoms with E-state index in [0.717, 1.165) is 44.1 Å². The third-order valence-electron chi connectivity index (χ3n) is 3.75. The summed E-state index contributed by atoms with van der Waals surface area (Å²) in [5.74, 6) is 1.61. The Bertz CT molecular complexity index is 500. The van der Waals surface area contributed by atoms with Crippen molar-refractivity contribution in [2.45, 2.75) is 31.6 Å². The van der Waals surface area contributed by atoms with Crippen molar-refractivity contribution in [3.05, 3.63) is 34.1 Å². The second-order valence-electron chi connectivity index (χ2n) is 4.83. The highest BCUT2D eigenvalue weighted by atomic mass is 32.1. The highest BCUT2D eigenvalue weighted by Gasteiger charge is 2.39. The van der Waals surface area contributed by atoms with Gasteiger partial charge in [0.15, 0.2) is 5.82 Å². The maximum Gasteiger partial charge on any atom is 0.234 e. The first kappa shape index (κ1) is 11.9. The molecule has 0 bridgehead atoms. The molecular weight excluding hydrogens is 246 g/mol. The lowest BCUT2D eigenvalue weighted by atomic mass is 9.84. The Morgan fingerprint density at radius 1 is 1.56 bits per heavy atom. The zero-order valence-corrected chi connectivity index (χ0v) is 11.3. The number of thiophene rings is 1. The van der Waals surface area contributed by atoms with E-state index in [1.54, 1.807) is 11.3 Å². The molecule has 0 amide bonds. The average molecular weight is 263 g/mol. The van der Waals surface area contributed by atoms with Crippen LogP contribution in [0.15, 0.2) is 22.0 Å². The summed E-state index contributed by atoms with van der Waals surface area (Å²) in [6.07, 6.45) is 2.90. The summed E-state index contributed by atoms with van der Waals surface area (Å²) in [4.78, 5) is 5.87.